The predicted octanol–water partition coefficient (Wildman–Crippen LogP) is 2.50. The Bertz CT molecular complexity index is 941. The van der Waals surface area contributed by atoms with Crippen molar-refractivity contribution >= 4 is 52.5 Å². The van der Waals surface area contributed by atoms with Crippen LogP contribution in [0.2, 0.25) is 5.02 Å². The number of carbonyl (C=O) groups is 2. The van der Waals surface area contributed by atoms with E-state index in [1.54, 1.807) is 19.1 Å². The summed E-state index contributed by atoms with van der Waals surface area (Å²) in [4.78, 5) is 33.9. The van der Waals surface area contributed by atoms with Gasteiger partial charge in [0.2, 0.25) is 5.91 Å². The molecule has 1 aromatic heterocycles. The Balaban J connectivity index is 1.86. The van der Waals surface area contributed by atoms with E-state index >= 15 is 0 Å². The van der Waals surface area contributed by atoms with Gasteiger partial charge in [0.05, 0.1) is 4.92 Å². The first-order chi connectivity index (χ1) is 12.8. The molecule has 27 heavy (non-hydrogen) atoms. The second-order valence-corrected chi connectivity index (χ2v) is 5.92. The highest BCUT2D eigenvalue weighted by molar-refractivity contribution is 7.80. The number of furan rings is 1. The van der Waals surface area contributed by atoms with Crippen molar-refractivity contribution in [3.8, 4) is 0 Å². The van der Waals surface area contributed by atoms with Crippen molar-refractivity contribution in [3.63, 3.8) is 0 Å². The molecule has 1 aromatic carbocycles. The van der Waals surface area contributed by atoms with E-state index in [1.807, 2.05) is 0 Å². The molecule has 0 fully saturated rings. The van der Waals surface area contributed by atoms with E-state index in [2.05, 4.69) is 16.2 Å². The maximum Gasteiger partial charge on any atom is 0.288 e. The molecule has 140 valence electrons. The van der Waals surface area contributed by atoms with Crippen LogP contribution in [0.1, 0.15) is 21.9 Å². The maximum absolute atomic E-state index is 12.0. The molecule has 2 aromatic rings. The predicted molar refractivity (Wildman–Crippen MR) is 102 cm³/mol. The van der Waals surface area contributed by atoms with Crippen LogP contribution in [0, 0.1) is 17.0 Å². The number of aryl methyl sites for hydroxylation is 1. The standard InChI is InChI=1S/C16H13ClN4O5S/c1-9-2-4-11(26-9)5-7-14(22)18-16(27)20-19-15(23)10-3-6-12(17)13(8-10)21(24)25/h2-8H,1H3,(H,19,23)(H2,18,20,22,27). The van der Waals surface area contributed by atoms with Crippen molar-refractivity contribution in [3.05, 3.63) is 68.6 Å². The molecular formula is C16H13ClN4O5S. The Kier molecular flexibility index (Phi) is 6.63. The Morgan fingerprint density at radius 1 is 1.26 bits per heavy atom. The van der Waals surface area contributed by atoms with Gasteiger partial charge in [-0.15, -0.1) is 0 Å². The molecule has 1 heterocycles. The largest absolute Gasteiger partial charge is 0.462 e. The van der Waals surface area contributed by atoms with Gasteiger partial charge in [-0.25, -0.2) is 0 Å². The number of carbonyl (C=O) groups excluding carboxylic acids is 2. The molecule has 9 nitrogen and oxygen atoms in total. The third kappa shape index (κ3) is 5.90. The number of nitrogens with zero attached hydrogens (tertiary/aromatic N) is 1. The minimum absolute atomic E-state index is 0.0131. The van der Waals surface area contributed by atoms with Crippen molar-refractivity contribution in [2.45, 2.75) is 6.92 Å². The summed E-state index contributed by atoms with van der Waals surface area (Å²) < 4.78 is 5.27. The fraction of sp³-hybridized carbons (Fsp3) is 0.0625. The minimum atomic E-state index is -0.704. The Morgan fingerprint density at radius 3 is 2.63 bits per heavy atom. The van der Waals surface area contributed by atoms with Crippen molar-refractivity contribution in [2.75, 3.05) is 0 Å². The van der Waals surface area contributed by atoms with Crippen LogP contribution >= 0.6 is 23.8 Å². The smallest absolute Gasteiger partial charge is 0.288 e. The highest BCUT2D eigenvalue weighted by Gasteiger charge is 2.16. The molecule has 0 radical (unpaired) electrons. The van der Waals surface area contributed by atoms with Crippen LogP contribution in [0.25, 0.3) is 6.08 Å². The normalized spacial score (nSPS) is 10.4. The summed E-state index contributed by atoms with van der Waals surface area (Å²) in [5, 5.41) is 12.9. The summed E-state index contributed by atoms with van der Waals surface area (Å²) >= 11 is 10.6. The van der Waals surface area contributed by atoms with Crippen LogP contribution in [-0.2, 0) is 4.79 Å². The van der Waals surface area contributed by atoms with E-state index in [1.165, 1.54) is 24.3 Å². The molecule has 11 heteroatoms. The summed E-state index contributed by atoms with van der Waals surface area (Å²) in [6, 6.07) is 7.01. The number of hydrogen-bond acceptors (Lipinski definition) is 6. The molecule has 0 aliphatic heterocycles. The van der Waals surface area contributed by atoms with Crippen LogP contribution in [0.5, 0.6) is 0 Å². The van der Waals surface area contributed by atoms with E-state index in [-0.39, 0.29) is 15.7 Å². The fourth-order valence-electron chi connectivity index (χ4n) is 1.87. The second kappa shape index (κ2) is 8.92. The molecule has 2 amide bonds. The number of hydrazine groups is 1. The lowest BCUT2D eigenvalue weighted by molar-refractivity contribution is -0.384. The maximum atomic E-state index is 12.0. The van der Waals surface area contributed by atoms with Crippen LogP contribution in [0.3, 0.4) is 0 Å². The number of thiocarbonyl (C=S) groups is 1. The van der Waals surface area contributed by atoms with Gasteiger partial charge in [0.1, 0.15) is 16.5 Å². The Labute approximate surface area is 163 Å². The number of nitrogens with one attached hydrogen (secondary N) is 3. The third-order valence-corrected chi connectivity index (χ3v) is 3.62. The summed E-state index contributed by atoms with van der Waals surface area (Å²) in [7, 11) is 0. The van der Waals surface area contributed by atoms with Crippen LogP contribution < -0.4 is 16.2 Å². The molecule has 0 saturated carbocycles. The first kappa shape index (κ1) is 20.1. The molecule has 0 spiro atoms. The summed E-state index contributed by atoms with van der Waals surface area (Å²) in [6.45, 7) is 1.77. The Morgan fingerprint density at radius 2 is 2.00 bits per heavy atom. The van der Waals surface area contributed by atoms with E-state index < -0.39 is 22.4 Å². The van der Waals surface area contributed by atoms with Crippen LogP contribution in [-0.4, -0.2) is 21.9 Å². The first-order valence-electron chi connectivity index (χ1n) is 7.36. The van der Waals surface area contributed by atoms with Gasteiger partial charge >= 0.3 is 0 Å². The van der Waals surface area contributed by atoms with Gasteiger partial charge in [-0.2, -0.15) is 0 Å². The third-order valence-electron chi connectivity index (χ3n) is 3.09. The molecule has 0 bridgehead atoms. The second-order valence-electron chi connectivity index (χ2n) is 5.10. The van der Waals surface area contributed by atoms with E-state index in [0.29, 0.717) is 11.5 Å². The van der Waals surface area contributed by atoms with Crippen LogP contribution in [0.4, 0.5) is 5.69 Å². The number of amides is 2. The van der Waals surface area contributed by atoms with Gasteiger partial charge in [0.25, 0.3) is 11.6 Å². The highest BCUT2D eigenvalue weighted by atomic mass is 35.5. The molecule has 0 unspecified atom stereocenters. The fourth-order valence-corrected chi connectivity index (χ4v) is 2.20. The number of halogens is 1. The zero-order chi connectivity index (χ0) is 20.0. The number of nitro benzene ring substituents is 1. The molecule has 0 atom stereocenters. The van der Waals surface area contributed by atoms with Gasteiger partial charge in [0, 0.05) is 17.7 Å². The van der Waals surface area contributed by atoms with Crippen molar-refractivity contribution in [1.29, 1.82) is 0 Å². The monoisotopic (exact) mass is 408 g/mol. The zero-order valence-electron chi connectivity index (χ0n) is 13.8. The summed E-state index contributed by atoms with van der Waals surface area (Å²) in [5.74, 6) is -0.0394. The summed E-state index contributed by atoms with van der Waals surface area (Å²) in [6.07, 6.45) is 2.66. The SMILES string of the molecule is Cc1ccc(C=CC(=O)NC(=S)NNC(=O)c2ccc(Cl)c([N+](=O)[O-])c2)o1. The van der Waals surface area contributed by atoms with Gasteiger partial charge in [0.15, 0.2) is 5.11 Å². The Hall–Kier alpha value is -3.24. The van der Waals surface area contributed by atoms with E-state index in [0.717, 1.165) is 6.07 Å². The number of nitro groups is 1. The minimum Gasteiger partial charge on any atom is -0.462 e. The lowest BCUT2D eigenvalue weighted by atomic mass is 10.2. The van der Waals surface area contributed by atoms with Gasteiger partial charge in [-0.05, 0) is 49.5 Å². The quantitative estimate of drug-likeness (QED) is 0.307. The molecular weight excluding hydrogens is 396 g/mol. The number of hydrogen-bond donors (Lipinski definition) is 3. The highest BCUT2D eigenvalue weighted by Crippen LogP contribution is 2.24. The summed E-state index contributed by atoms with van der Waals surface area (Å²) in [5.41, 5.74) is 4.11. The number of benzene rings is 1. The topological polar surface area (TPSA) is 127 Å². The van der Waals surface area contributed by atoms with Crippen LogP contribution in [0.15, 0.2) is 40.8 Å². The van der Waals surface area contributed by atoms with E-state index in [4.69, 9.17) is 28.2 Å². The van der Waals surface area contributed by atoms with Gasteiger partial charge < -0.3 is 4.42 Å². The lowest BCUT2D eigenvalue weighted by Crippen LogP contribution is -2.48. The lowest BCUT2D eigenvalue weighted by Gasteiger charge is -2.09. The van der Waals surface area contributed by atoms with E-state index in [9.17, 15) is 19.7 Å². The number of rotatable bonds is 4. The molecule has 0 aliphatic rings. The van der Waals surface area contributed by atoms with Gasteiger partial charge in [-0.1, -0.05) is 11.6 Å². The zero-order valence-corrected chi connectivity index (χ0v) is 15.4. The average molecular weight is 409 g/mol. The molecule has 0 saturated heterocycles. The van der Waals surface area contributed by atoms with Crippen molar-refractivity contribution in [2.24, 2.45) is 0 Å². The molecule has 3 N–H and O–H groups in total. The van der Waals surface area contributed by atoms with Crippen molar-refractivity contribution < 1.29 is 18.9 Å². The first-order valence-corrected chi connectivity index (χ1v) is 8.14. The molecule has 0 aliphatic carbocycles. The van der Waals surface area contributed by atoms with Gasteiger partial charge in [-0.3, -0.25) is 35.9 Å². The average Bonchev–Trinajstić information content (AvgIpc) is 3.03. The molecule has 2 rings (SSSR count). The van der Waals surface area contributed by atoms with Crippen molar-refractivity contribution in [1.82, 2.24) is 16.2 Å².